The number of nitrogens with zero attached hydrogens (tertiary/aromatic N) is 5. The number of ether oxygens (including phenoxy) is 1. The maximum atomic E-state index is 12.1. The topological polar surface area (TPSA) is 87.2 Å². The Bertz CT molecular complexity index is 809. The van der Waals surface area contributed by atoms with Crippen molar-refractivity contribution >= 4 is 11.9 Å². The molecule has 1 N–H and O–H groups in total. The van der Waals surface area contributed by atoms with E-state index >= 15 is 0 Å². The number of aromatic amines is 1. The Balaban J connectivity index is 1.66. The van der Waals surface area contributed by atoms with Gasteiger partial charge in [0.25, 0.3) is 5.56 Å². The first-order valence-corrected chi connectivity index (χ1v) is 8.74. The summed E-state index contributed by atoms with van der Waals surface area (Å²) in [6.45, 7) is 6.66. The number of anilines is 2. The fourth-order valence-electron chi connectivity index (χ4n) is 3.28. The van der Waals surface area contributed by atoms with Gasteiger partial charge in [0.05, 0.1) is 24.6 Å². The molecule has 8 nitrogen and oxygen atoms in total. The molecule has 8 heteroatoms. The van der Waals surface area contributed by atoms with Gasteiger partial charge in [-0.05, 0) is 19.8 Å². The molecule has 0 aliphatic carbocycles. The van der Waals surface area contributed by atoms with E-state index in [2.05, 4.69) is 24.8 Å². The van der Waals surface area contributed by atoms with Crippen molar-refractivity contribution < 1.29 is 4.74 Å². The molecule has 2 aliphatic rings. The summed E-state index contributed by atoms with van der Waals surface area (Å²) in [5.74, 6) is 1.34. The molecular formula is C17H22N6O2. The first-order valence-electron chi connectivity index (χ1n) is 8.74. The number of H-pyrrole nitrogens is 1. The van der Waals surface area contributed by atoms with Crippen molar-refractivity contribution in [2.75, 3.05) is 49.2 Å². The third-order valence-corrected chi connectivity index (χ3v) is 4.67. The molecule has 0 amide bonds. The van der Waals surface area contributed by atoms with Gasteiger partial charge in [-0.2, -0.15) is 0 Å². The lowest BCUT2D eigenvalue weighted by Gasteiger charge is -2.27. The molecule has 0 saturated carbocycles. The number of hydrogen-bond donors (Lipinski definition) is 1. The molecule has 2 aromatic heterocycles. The van der Waals surface area contributed by atoms with Crippen molar-refractivity contribution in [2.45, 2.75) is 19.8 Å². The summed E-state index contributed by atoms with van der Waals surface area (Å²) in [6, 6.07) is 1.51. The monoisotopic (exact) mass is 342 g/mol. The lowest BCUT2D eigenvalue weighted by molar-refractivity contribution is 0.122. The molecule has 0 atom stereocenters. The van der Waals surface area contributed by atoms with Crippen molar-refractivity contribution in [3.05, 3.63) is 28.3 Å². The number of rotatable bonds is 3. The Kier molecular flexibility index (Phi) is 4.35. The highest BCUT2D eigenvalue weighted by Crippen LogP contribution is 2.23. The van der Waals surface area contributed by atoms with Crippen LogP contribution in [0.3, 0.4) is 0 Å². The molecule has 0 aromatic carbocycles. The van der Waals surface area contributed by atoms with Crippen molar-refractivity contribution in [2.24, 2.45) is 0 Å². The highest BCUT2D eigenvalue weighted by atomic mass is 16.5. The lowest BCUT2D eigenvalue weighted by atomic mass is 10.2. The SMILES string of the molecule is Cc1nc(N2CCCC2)ncc1-c1cc(=O)[nH]c(N2CCOCC2)n1. The van der Waals surface area contributed by atoms with Crippen LogP contribution in [0.1, 0.15) is 18.5 Å². The van der Waals surface area contributed by atoms with Crippen LogP contribution in [-0.2, 0) is 4.74 Å². The fourth-order valence-corrected chi connectivity index (χ4v) is 3.28. The van der Waals surface area contributed by atoms with E-state index in [4.69, 9.17) is 4.74 Å². The van der Waals surface area contributed by atoms with Crippen LogP contribution in [0, 0.1) is 6.92 Å². The van der Waals surface area contributed by atoms with E-state index in [-0.39, 0.29) is 5.56 Å². The van der Waals surface area contributed by atoms with Crippen LogP contribution in [0.5, 0.6) is 0 Å². The lowest BCUT2D eigenvalue weighted by Crippen LogP contribution is -2.38. The van der Waals surface area contributed by atoms with Gasteiger partial charge in [0.1, 0.15) is 0 Å². The van der Waals surface area contributed by atoms with E-state index in [1.54, 1.807) is 6.20 Å². The maximum Gasteiger partial charge on any atom is 0.252 e. The van der Waals surface area contributed by atoms with Gasteiger partial charge in [-0.3, -0.25) is 9.78 Å². The highest BCUT2D eigenvalue weighted by molar-refractivity contribution is 5.62. The van der Waals surface area contributed by atoms with Gasteiger partial charge < -0.3 is 14.5 Å². The van der Waals surface area contributed by atoms with Gasteiger partial charge in [0.15, 0.2) is 0 Å². The Labute approximate surface area is 145 Å². The molecule has 0 bridgehead atoms. The summed E-state index contributed by atoms with van der Waals surface area (Å²) in [5.41, 5.74) is 2.07. The molecular weight excluding hydrogens is 320 g/mol. The third-order valence-electron chi connectivity index (χ3n) is 4.67. The molecule has 2 fully saturated rings. The first kappa shape index (κ1) is 16.0. The molecule has 2 aromatic rings. The van der Waals surface area contributed by atoms with Crippen LogP contribution in [0.4, 0.5) is 11.9 Å². The van der Waals surface area contributed by atoms with E-state index in [0.29, 0.717) is 24.9 Å². The summed E-state index contributed by atoms with van der Waals surface area (Å²) >= 11 is 0. The van der Waals surface area contributed by atoms with Gasteiger partial charge in [-0.25, -0.2) is 15.0 Å². The first-order chi connectivity index (χ1) is 12.2. The molecule has 2 saturated heterocycles. The molecule has 0 radical (unpaired) electrons. The van der Waals surface area contributed by atoms with Crippen molar-refractivity contribution in [1.82, 2.24) is 19.9 Å². The summed E-state index contributed by atoms with van der Waals surface area (Å²) in [6.07, 6.45) is 4.15. The van der Waals surface area contributed by atoms with Crippen LogP contribution in [0.2, 0.25) is 0 Å². The van der Waals surface area contributed by atoms with Crippen LogP contribution in [0.25, 0.3) is 11.3 Å². The summed E-state index contributed by atoms with van der Waals surface area (Å²) in [5, 5.41) is 0. The Hall–Kier alpha value is -2.48. The predicted octanol–water partition coefficient (Wildman–Crippen LogP) is 0.972. The van der Waals surface area contributed by atoms with E-state index in [1.807, 2.05) is 11.8 Å². The zero-order valence-electron chi connectivity index (χ0n) is 14.4. The molecule has 2 aliphatic heterocycles. The number of morpholine rings is 1. The summed E-state index contributed by atoms with van der Waals surface area (Å²) in [4.78, 5) is 32.9. The molecule has 4 rings (SSSR count). The number of hydrogen-bond acceptors (Lipinski definition) is 7. The van der Waals surface area contributed by atoms with Gasteiger partial charge >= 0.3 is 0 Å². The minimum Gasteiger partial charge on any atom is -0.378 e. The van der Waals surface area contributed by atoms with Gasteiger partial charge in [-0.1, -0.05) is 0 Å². The van der Waals surface area contributed by atoms with Crippen LogP contribution >= 0.6 is 0 Å². The maximum absolute atomic E-state index is 12.1. The smallest absolute Gasteiger partial charge is 0.252 e. The zero-order valence-corrected chi connectivity index (χ0v) is 14.4. The Morgan fingerprint density at radius 3 is 2.56 bits per heavy atom. The van der Waals surface area contributed by atoms with Crippen LogP contribution in [0.15, 0.2) is 17.1 Å². The van der Waals surface area contributed by atoms with E-state index in [9.17, 15) is 4.79 Å². The number of nitrogens with one attached hydrogen (secondary N) is 1. The Morgan fingerprint density at radius 2 is 1.84 bits per heavy atom. The summed E-state index contributed by atoms with van der Waals surface area (Å²) in [7, 11) is 0. The third kappa shape index (κ3) is 3.34. The minimum atomic E-state index is -0.172. The van der Waals surface area contributed by atoms with Gasteiger partial charge in [0.2, 0.25) is 11.9 Å². The molecule has 0 spiro atoms. The molecule has 4 heterocycles. The van der Waals surface area contributed by atoms with E-state index < -0.39 is 0 Å². The predicted molar refractivity (Wildman–Crippen MR) is 95.1 cm³/mol. The number of aromatic nitrogens is 4. The van der Waals surface area contributed by atoms with E-state index in [1.165, 1.54) is 18.9 Å². The van der Waals surface area contributed by atoms with Crippen molar-refractivity contribution in [1.29, 1.82) is 0 Å². The number of aryl methyl sites for hydroxylation is 1. The largest absolute Gasteiger partial charge is 0.378 e. The van der Waals surface area contributed by atoms with Gasteiger partial charge in [-0.15, -0.1) is 0 Å². The quantitative estimate of drug-likeness (QED) is 0.889. The second kappa shape index (κ2) is 6.79. The second-order valence-corrected chi connectivity index (χ2v) is 6.42. The zero-order chi connectivity index (χ0) is 17.2. The summed E-state index contributed by atoms with van der Waals surface area (Å²) < 4.78 is 5.36. The minimum absolute atomic E-state index is 0.172. The fraction of sp³-hybridized carbons (Fsp3) is 0.529. The normalized spacial score (nSPS) is 18.0. The highest BCUT2D eigenvalue weighted by Gasteiger charge is 2.18. The van der Waals surface area contributed by atoms with E-state index in [0.717, 1.165) is 43.4 Å². The van der Waals surface area contributed by atoms with Crippen molar-refractivity contribution in [3.8, 4) is 11.3 Å². The average Bonchev–Trinajstić information content (AvgIpc) is 3.16. The second-order valence-electron chi connectivity index (χ2n) is 6.42. The van der Waals surface area contributed by atoms with Crippen LogP contribution in [-0.4, -0.2) is 59.3 Å². The van der Waals surface area contributed by atoms with Crippen LogP contribution < -0.4 is 15.4 Å². The standard InChI is InChI=1S/C17H22N6O2/c1-12-13(11-18-16(19-12)22-4-2-3-5-22)14-10-15(24)21-17(20-14)23-6-8-25-9-7-23/h10-11H,2-9H2,1H3,(H,20,21,24). The van der Waals surface area contributed by atoms with Crippen molar-refractivity contribution in [3.63, 3.8) is 0 Å². The Morgan fingerprint density at radius 1 is 1.08 bits per heavy atom. The molecule has 0 unspecified atom stereocenters. The van der Waals surface area contributed by atoms with Gasteiger partial charge in [0, 0.05) is 44.0 Å². The molecule has 25 heavy (non-hydrogen) atoms. The molecule has 132 valence electrons. The average molecular weight is 342 g/mol.